The van der Waals surface area contributed by atoms with Crippen molar-refractivity contribution in [2.75, 3.05) is 58.7 Å². The number of pyridine rings is 1. The number of phenolic OH excluding ortho intramolecular Hbond substituents is 1. The summed E-state index contributed by atoms with van der Waals surface area (Å²) < 4.78 is 5.31. The Morgan fingerprint density at radius 2 is 1.88 bits per heavy atom. The van der Waals surface area contributed by atoms with Crippen LogP contribution in [0, 0.1) is 0 Å². The van der Waals surface area contributed by atoms with Crippen LogP contribution in [0.5, 0.6) is 11.5 Å². The fraction of sp³-hybridized carbons (Fsp3) is 0.423. The molecular weight excluding hydrogens is 432 g/mol. The third-order valence-corrected chi connectivity index (χ3v) is 7.43. The van der Waals surface area contributed by atoms with E-state index in [4.69, 9.17) is 9.72 Å². The lowest BCUT2D eigenvalue weighted by Crippen LogP contribution is -2.44. The fourth-order valence-corrected chi connectivity index (χ4v) is 5.00. The van der Waals surface area contributed by atoms with Gasteiger partial charge in [-0.25, -0.2) is 4.98 Å². The lowest BCUT2D eigenvalue weighted by Gasteiger charge is -2.32. The van der Waals surface area contributed by atoms with Gasteiger partial charge in [0.15, 0.2) is 11.5 Å². The third-order valence-electron chi connectivity index (χ3n) is 6.15. The number of rotatable bonds is 9. The van der Waals surface area contributed by atoms with E-state index in [-0.39, 0.29) is 5.75 Å². The topological polar surface area (TPSA) is 60.9 Å². The van der Waals surface area contributed by atoms with Crippen LogP contribution in [-0.4, -0.2) is 73.3 Å². The zero-order valence-corrected chi connectivity index (χ0v) is 20.6. The SMILES string of the molecule is CCc1ccc(-c2cc(NCCCN3CCN(C)CC3)nc(-c3ccc(O)c(OC)c3)c2)s1. The number of likely N-dealkylation sites (N-methyl/N-ethyl adjacent to an activating group) is 1. The van der Waals surface area contributed by atoms with E-state index in [2.05, 4.69) is 53.4 Å². The second-order valence-corrected chi connectivity index (χ2v) is 9.73. The van der Waals surface area contributed by atoms with Gasteiger partial charge in [-0.1, -0.05) is 6.92 Å². The Balaban J connectivity index is 1.52. The summed E-state index contributed by atoms with van der Waals surface area (Å²) >= 11 is 1.83. The molecule has 0 spiro atoms. The summed E-state index contributed by atoms with van der Waals surface area (Å²) in [6.07, 6.45) is 2.12. The Labute approximate surface area is 200 Å². The second kappa shape index (κ2) is 11.0. The van der Waals surface area contributed by atoms with E-state index in [1.165, 1.54) is 9.75 Å². The normalized spacial score (nSPS) is 15.0. The maximum Gasteiger partial charge on any atom is 0.161 e. The molecule has 0 atom stereocenters. The molecule has 3 heterocycles. The van der Waals surface area contributed by atoms with E-state index in [9.17, 15) is 5.11 Å². The standard InChI is InChI=1S/C26H34N4O2S/c1-4-21-7-9-25(33-21)20-16-22(19-6-8-23(31)24(17-19)32-3)28-26(18-20)27-10-5-11-30-14-12-29(2)13-15-30/h6-9,16-18,31H,4-5,10-15H2,1-3H3,(H,27,28). The molecule has 0 radical (unpaired) electrons. The summed E-state index contributed by atoms with van der Waals surface area (Å²) in [5, 5.41) is 13.6. The predicted octanol–water partition coefficient (Wildman–Crippen LogP) is 4.80. The zero-order valence-electron chi connectivity index (χ0n) is 19.8. The number of hydrogen-bond donors (Lipinski definition) is 2. The molecule has 7 heteroatoms. The quantitative estimate of drug-likeness (QED) is 0.442. The van der Waals surface area contributed by atoms with Crippen molar-refractivity contribution in [3.05, 3.63) is 47.3 Å². The molecule has 6 nitrogen and oxygen atoms in total. The van der Waals surface area contributed by atoms with Crippen LogP contribution in [0.4, 0.5) is 5.82 Å². The number of aromatic nitrogens is 1. The van der Waals surface area contributed by atoms with Crippen LogP contribution in [-0.2, 0) is 6.42 Å². The molecule has 3 aromatic rings. The molecule has 1 fully saturated rings. The summed E-state index contributed by atoms with van der Waals surface area (Å²) in [6.45, 7) is 8.77. The lowest BCUT2D eigenvalue weighted by molar-refractivity contribution is 0.154. The highest BCUT2D eigenvalue weighted by Crippen LogP contribution is 2.35. The van der Waals surface area contributed by atoms with Crippen LogP contribution in [0.15, 0.2) is 42.5 Å². The molecule has 4 rings (SSSR count). The number of anilines is 1. The third kappa shape index (κ3) is 6.05. The van der Waals surface area contributed by atoms with Crippen LogP contribution in [0.2, 0.25) is 0 Å². The summed E-state index contributed by atoms with van der Waals surface area (Å²) in [5.74, 6) is 1.45. The van der Waals surface area contributed by atoms with E-state index in [0.717, 1.165) is 74.7 Å². The summed E-state index contributed by atoms with van der Waals surface area (Å²) in [4.78, 5) is 12.4. The number of ether oxygens (including phenoxy) is 1. The Morgan fingerprint density at radius 1 is 1.06 bits per heavy atom. The summed E-state index contributed by atoms with van der Waals surface area (Å²) in [5.41, 5.74) is 2.93. The molecule has 0 amide bonds. The van der Waals surface area contributed by atoms with Gasteiger partial charge in [-0.05, 0) is 74.5 Å². The molecule has 1 aliphatic heterocycles. The van der Waals surface area contributed by atoms with Crippen molar-refractivity contribution in [1.82, 2.24) is 14.8 Å². The number of nitrogens with zero attached hydrogens (tertiary/aromatic N) is 3. The smallest absolute Gasteiger partial charge is 0.161 e. The van der Waals surface area contributed by atoms with Crippen LogP contribution in [0.1, 0.15) is 18.2 Å². The van der Waals surface area contributed by atoms with Crippen LogP contribution in [0.3, 0.4) is 0 Å². The molecule has 2 N–H and O–H groups in total. The van der Waals surface area contributed by atoms with Crippen LogP contribution in [0.25, 0.3) is 21.7 Å². The minimum atomic E-state index is 0.130. The van der Waals surface area contributed by atoms with Crippen molar-refractivity contribution < 1.29 is 9.84 Å². The van der Waals surface area contributed by atoms with Gasteiger partial charge < -0.3 is 25.0 Å². The first-order valence-electron chi connectivity index (χ1n) is 11.7. The molecule has 2 aromatic heterocycles. The maximum atomic E-state index is 10.0. The van der Waals surface area contributed by atoms with Gasteiger partial charge in [0, 0.05) is 48.0 Å². The zero-order chi connectivity index (χ0) is 23.2. The number of nitrogens with one attached hydrogen (secondary N) is 1. The molecule has 0 bridgehead atoms. The Kier molecular flexibility index (Phi) is 7.85. The van der Waals surface area contributed by atoms with Crippen LogP contribution < -0.4 is 10.1 Å². The van der Waals surface area contributed by atoms with E-state index in [0.29, 0.717) is 5.75 Å². The fourth-order valence-electron chi connectivity index (χ4n) is 4.06. The highest BCUT2D eigenvalue weighted by molar-refractivity contribution is 7.15. The Morgan fingerprint density at radius 3 is 2.61 bits per heavy atom. The minimum absolute atomic E-state index is 0.130. The molecule has 0 unspecified atom stereocenters. The number of methoxy groups -OCH3 is 1. The largest absolute Gasteiger partial charge is 0.504 e. The summed E-state index contributed by atoms with van der Waals surface area (Å²) in [7, 11) is 3.75. The minimum Gasteiger partial charge on any atom is -0.504 e. The lowest BCUT2D eigenvalue weighted by atomic mass is 10.1. The van der Waals surface area contributed by atoms with Gasteiger partial charge in [-0.2, -0.15) is 0 Å². The highest BCUT2D eigenvalue weighted by atomic mass is 32.1. The van der Waals surface area contributed by atoms with Gasteiger partial charge in [0.25, 0.3) is 0 Å². The number of phenols is 1. The predicted molar refractivity (Wildman–Crippen MR) is 138 cm³/mol. The molecular formula is C26H34N4O2S. The maximum absolute atomic E-state index is 10.0. The number of aryl methyl sites for hydroxylation is 1. The van der Waals surface area contributed by atoms with Crippen molar-refractivity contribution in [1.29, 1.82) is 0 Å². The van der Waals surface area contributed by atoms with Gasteiger partial charge >= 0.3 is 0 Å². The van der Waals surface area contributed by atoms with Crippen molar-refractivity contribution in [2.45, 2.75) is 19.8 Å². The van der Waals surface area contributed by atoms with E-state index < -0.39 is 0 Å². The molecule has 33 heavy (non-hydrogen) atoms. The Bertz CT molecular complexity index is 1060. The molecule has 0 saturated carbocycles. The molecule has 0 aliphatic carbocycles. The van der Waals surface area contributed by atoms with Gasteiger partial charge in [0.2, 0.25) is 0 Å². The Hall–Kier alpha value is -2.61. The second-order valence-electron chi connectivity index (χ2n) is 8.56. The first-order chi connectivity index (χ1) is 16.1. The first kappa shape index (κ1) is 23.5. The van der Waals surface area contributed by atoms with Crippen molar-refractivity contribution in [2.24, 2.45) is 0 Å². The van der Waals surface area contributed by atoms with Crippen molar-refractivity contribution in [3.8, 4) is 33.2 Å². The van der Waals surface area contributed by atoms with Crippen molar-refractivity contribution >= 4 is 17.2 Å². The van der Waals surface area contributed by atoms with Crippen molar-refractivity contribution in [3.63, 3.8) is 0 Å². The van der Waals surface area contributed by atoms with E-state index >= 15 is 0 Å². The molecule has 1 aliphatic rings. The van der Waals surface area contributed by atoms with E-state index in [1.807, 2.05) is 23.5 Å². The number of benzene rings is 1. The number of aromatic hydroxyl groups is 1. The number of thiophene rings is 1. The first-order valence-corrected chi connectivity index (χ1v) is 12.5. The average molecular weight is 467 g/mol. The molecule has 1 aromatic carbocycles. The number of piperazine rings is 1. The van der Waals surface area contributed by atoms with Crippen LogP contribution >= 0.6 is 11.3 Å². The molecule has 176 valence electrons. The average Bonchev–Trinajstić information content (AvgIpc) is 3.33. The van der Waals surface area contributed by atoms with E-state index in [1.54, 1.807) is 13.2 Å². The number of hydrogen-bond acceptors (Lipinski definition) is 7. The summed E-state index contributed by atoms with van der Waals surface area (Å²) in [6, 6.07) is 14.0. The van der Waals surface area contributed by atoms with Gasteiger partial charge in [-0.15, -0.1) is 11.3 Å². The van der Waals surface area contributed by atoms with Gasteiger partial charge in [-0.3, -0.25) is 0 Å². The molecule has 1 saturated heterocycles. The van der Waals surface area contributed by atoms with Gasteiger partial charge in [0.05, 0.1) is 12.8 Å². The monoisotopic (exact) mass is 466 g/mol. The highest BCUT2D eigenvalue weighted by Gasteiger charge is 2.14. The van der Waals surface area contributed by atoms with Gasteiger partial charge in [0.1, 0.15) is 5.82 Å².